The monoisotopic (exact) mass is 378 g/mol. The highest BCUT2D eigenvalue weighted by molar-refractivity contribution is 5.69. The van der Waals surface area contributed by atoms with Crippen LogP contribution in [0.4, 0.5) is 0 Å². The molecule has 0 aromatic heterocycles. The Hall–Kier alpha value is -2.06. The van der Waals surface area contributed by atoms with E-state index in [2.05, 4.69) is 24.1 Å². The molecule has 0 aliphatic carbocycles. The smallest absolute Gasteiger partial charge is 0.305 e. The number of carboxylic acid groups (broad SMARTS) is 1. The summed E-state index contributed by atoms with van der Waals surface area (Å²) in [6.07, 6.45) is 22.0. The maximum Gasteiger partial charge on any atom is 0.305 e. The SMILES string of the molecule is C#CCOCCCCCOC(=O)CCC/C=C\CC/C=C\CCCC(=O)O. The summed E-state index contributed by atoms with van der Waals surface area (Å²) in [5, 5.41) is 8.52. The molecule has 0 aromatic carbocycles. The molecular formula is C22H34O5. The number of rotatable bonds is 18. The van der Waals surface area contributed by atoms with Crippen molar-refractivity contribution in [1.82, 2.24) is 0 Å². The number of terminal acetylenes is 1. The number of carboxylic acids is 1. The number of allylic oxidation sites excluding steroid dienone is 4. The first kappa shape index (κ1) is 24.9. The standard InChI is InChI=1S/C22H34O5/c1-2-18-26-19-14-11-15-20-27-22(25)17-13-10-8-6-4-3-5-7-9-12-16-21(23)24/h1,5-8H,3-4,9-20H2,(H,23,24)/b7-5-,8-6-. The first-order valence-electron chi connectivity index (χ1n) is 9.85. The zero-order valence-corrected chi connectivity index (χ0v) is 16.4. The minimum absolute atomic E-state index is 0.128. The molecule has 0 aliphatic heterocycles. The fourth-order valence-electron chi connectivity index (χ4n) is 2.27. The Bertz CT molecular complexity index is 474. The van der Waals surface area contributed by atoms with Gasteiger partial charge in [0.15, 0.2) is 0 Å². The molecule has 0 aromatic rings. The molecule has 0 saturated carbocycles. The molecule has 0 atom stereocenters. The van der Waals surface area contributed by atoms with Gasteiger partial charge in [0.05, 0.1) is 6.61 Å². The molecule has 0 bridgehead atoms. The van der Waals surface area contributed by atoms with Gasteiger partial charge in [-0.2, -0.15) is 0 Å². The maximum absolute atomic E-state index is 11.6. The Morgan fingerprint density at radius 2 is 1.41 bits per heavy atom. The molecule has 5 nitrogen and oxygen atoms in total. The second-order valence-electron chi connectivity index (χ2n) is 6.24. The van der Waals surface area contributed by atoms with E-state index in [4.69, 9.17) is 21.0 Å². The van der Waals surface area contributed by atoms with Crippen LogP contribution in [0.1, 0.15) is 70.6 Å². The Morgan fingerprint density at radius 3 is 2.04 bits per heavy atom. The van der Waals surface area contributed by atoms with Crippen LogP contribution in [0.5, 0.6) is 0 Å². The van der Waals surface area contributed by atoms with Gasteiger partial charge in [-0.15, -0.1) is 6.42 Å². The Kier molecular flexibility index (Phi) is 18.7. The molecule has 27 heavy (non-hydrogen) atoms. The summed E-state index contributed by atoms with van der Waals surface area (Å²) in [5.41, 5.74) is 0. The number of aliphatic carboxylic acids is 1. The van der Waals surface area contributed by atoms with Gasteiger partial charge in [0.2, 0.25) is 0 Å². The average Bonchev–Trinajstić information content (AvgIpc) is 2.64. The molecule has 5 heteroatoms. The molecule has 152 valence electrons. The first-order chi connectivity index (χ1) is 13.2. The van der Waals surface area contributed by atoms with E-state index in [0.29, 0.717) is 32.7 Å². The summed E-state index contributed by atoms with van der Waals surface area (Å²) in [5.74, 6) is 1.55. The van der Waals surface area contributed by atoms with Crippen LogP contribution in [0, 0.1) is 12.3 Å². The highest BCUT2D eigenvalue weighted by atomic mass is 16.5. The Labute approximate surface area is 163 Å². The largest absolute Gasteiger partial charge is 0.481 e. The Balaban J connectivity index is 3.35. The summed E-state index contributed by atoms with van der Waals surface area (Å²) < 4.78 is 10.4. The lowest BCUT2D eigenvalue weighted by Gasteiger charge is -2.04. The minimum atomic E-state index is -0.739. The molecule has 0 radical (unpaired) electrons. The van der Waals surface area contributed by atoms with E-state index in [0.717, 1.165) is 51.4 Å². The summed E-state index contributed by atoms with van der Waals surface area (Å²) in [6.45, 7) is 1.49. The van der Waals surface area contributed by atoms with Crippen molar-refractivity contribution >= 4 is 11.9 Å². The predicted octanol–water partition coefficient (Wildman–Crippen LogP) is 4.67. The van der Waals surface area contributed by atoms with E-state index in [1.165, 1.54) is 0 Å². The third-order valence-electron chi connectivity index (χ3n) is 3.73. The number of carbonyl (C=O) groups is 2. The van der Waals surface area contributed by atoms with Crippen LogP contribution in [0.25, 0.3) is 0 Å². The molecule has 0 unspecified atom stereocenters. The third kappa shape index (κ3) is 21.9. The van der Waals surface area contributed by atoms with Gasteiger partial charge in [-0.25, -0.2) is 0 Å². The number of ether oxygens (including phenoxy) is 2. The number of hydrogen-bond donors (Lipinski definition) is 1. The predicted molar refractivity (Wildman–Crippen MR) is 107 cm³/mol. The van der Waals surface area contributed by atoms with Crippen molar-refractivity contribution < 1.29 is 24.2 Å². The van der Waals surface area contributed by atoms with E-state index in [9.17, 15) is 9.59 Å². The van der Waals surface area contributed by atoms with E-state index in [1.54, 1.807) is 0 Å². The van der Waals surface area contributed by atoms with Gasteiger partial charge in [0.1, 0.15) is 6.61 Å². The van der Waals surface area contributed by atoms with Gasteiger partial charge in [0, 0.05) is 19.4 Å². The lowest BCUT2D eigenvalue weighted by atomic mass is 10.2. The molecule has 0 fully saturated rings. The van der Waals surface area contributed by atoms with Crippen molar-refractivity contribution in [2.75, 3.05) is 19.8 Å². The molecule has 0 amide bonds. The summed E-state index contributed by atoms with van der Waals surface area (Å²) in [6, 6.07) is 0. The van der Waals surface area contributed by atoms with Crippen LogP contribution < -0.4 is 0 Å². The average molecular weight is 379 g/mol. The number of esters is 1. The second kappa shape index (κ2) is 20.3. The van der Waals surface area contributed by atoms with Crippen molar-refractivity contribution in [3.63, 3.8) is 0 Å². The molecule has 1 N–H and O–H groups in total. The molecular weight excluding hydrogens is 344 g/mol. The number of unbranched alkanes of at least 4 members (excludes halogenated alkanes) is 5. The molecule has 0 aliphatic rings. The zero-order chi connectivity index (χ0) is 20.0. The molecule has 0 heterocycles. The van der Waals surface area contributed by atoms with E-state index < -0.39 is 5.97 Å². The summed E-state index contributed by atoms with van der Waals surface area (Å²) in [4.78, 5) is 21.9. The van der Waals surface area contributed by atoms with Crippen LogP contribution >= 0.6 is 0 Å². The highest BCUT2D eigenvalue weighted by Gasteiger charge is 2.01. The first-order valence-corrected chi connectivity index (χ1v) is 9.85. The van der Waals surface area contributed by atoms with Crippen molar-refractivity contribution in [1.29, 1.82) is 0 Å². The highest BCUT2D eigenvalue weighted by Crippen LogP contribution is 2.04. The third-order valence-corrected chi connectivity index (χ3v) is 3.73. The van der Waals surface area contributed by atoms with Crippen LogP contribution in [0.3, 0.4) is 0 Å². The van der Waals surface area contributed by atoms with Gasteiger partial charge in [-0.3, -0.25) is 9.59 Å². The lowest BCUT2D eigenvalue weighted by molar-refractivity contribution is -0.144. The zero-order valence-electron chi connectivity index (χ0n) is 16.4. The quantitative estimate of drug-likeness (QED) is 0.162. The Morgan fingerprint density at radius 1 is 0.815 bits per heavy atom. The van der Waals surface area contributed by atoms with Gasteiger partial charge in [-0.1, -0.05) is 30.2 Å². The molecule has 0 rings (SSSR count). The molecule has 0 spiro atoms. The topological polar surface area (TPSA) is 72.8 Å². The van der Waals surface area contributed by atoms with Crippen LogP contribution in [0.2, 0.25) is 0 Å². The van der Waals surface area contributed by atoms with Gasteiger partial charge < -0.3 is 14.6 Å². The van der Waals surface area contributed by atoms with Gasteiger partial charge in [0.25, 0.3) is 0 Å². The van der Waals surface area contributed by atoms with Crippen LogP contribution in [-0.2, 0) is 19.1 Å². The number of carbonyl (C=O) groups excluding carboxylic acids is 1. The molecule has 0 saturated heterocycles. The van der Waals surface area contributed by atoms with Crippen molar-refractivity contribution in [2.24, 2.45) is 0 Å². The second-order valence-corrected chi connectivity index (χ2v) is 6.24. The van der Waals surface area contributed by atoms with Gasteiger partial charge in [-0.05, 0) is 57.8 Å². The lowest BCUT2D eigenvalue weighted by Crippen LogP contribution is -2.05. The van der Waals surface area contributed by atoms with Crippen molar-refractivity contribution in [3.8, 4) is 12.3 Å². The van der Waals surface area contributed by atoms with Crippen molar-refractivity contribution in [2.45, 2.75) is 70.6 Å². The summed E-state index contributed by atoms with van der Waals surface area (Å²) in [7, 11) is 0. The van der Waals surface area contributed by atoms with Crippen LogP contribution in [0.15, 0.2) is 24.3 Å². The fourth-order valence-corrected chi connectivity index (χ4v) is 2.27. The van der Waals surface area contributed by atoms with Gasteiger partial charge >= 0.3 is 11.9 Å². The number of hydrogen-bond acceptors (Lipinski definition) is 4. The van der Waals surface area contributed by atoms with E-state index >= 15 is 0 Å². The maximum atomic E-state index is 11.6. The summed E-state index contributed by atoms with van der Waals surface area (Å²) >= 11 is 0. The minimum Gasteiger partial charge on any atom is -0.481 e. The fraction of sp³-hybridized carbons (Fsp3) is 0.636. The van der Waals surface area contributed by atoms with E-state index in [-0.39, 0.29) is 12.4 Å². The van der Waals surface area contributed by atoms with E-state index in [1.807, 2.05) is 6.08 Å². The van der Waals surface area contributed by atoms with Crippen LogP contribution in [-0.4, -0.2) is 36.9 Å². The normalized spacial score (nSPS) is 11.1. The van der Waals surface area contributed by atoms with Crippen molar-refractivity contribution in [3.05, 3.63) is 24.3 Å².